The summed E-state index contributed by atoms with van der Waals surface area (Å²) >= 11 is 0. The number of ketones is 2. The van der Waals surface area contributed by atoms with Gasteiger partial charge in [0, 0.05) is 25.7 Å². The van der Waals surface area contributed by atoms with Crippen molar-refractivity contribution in [1.29, 1.82) is 5.26 Å². The average Bonchev–Trinajstić information content (AvgIpc) is 2.88. The second-order valence-corrected chi connectivity index (χ2v) is 25.3. The summed E-state index contributed by atoms with van der Waals surface area (Å²) in [6.45, 7) is 16.6. The van der Waals surface area contributed by atoms with Crippen molar-refractivity contribution in [1.82, 2.24) is 0 Å². The molecule has 0 atom stereocenters. The molecule has 0 bridgehead atoms. The third-order valence-electron chi connectivity index (χ3n) is 7.18. The maximum atomic E-state index is 12.8. The third-order valence-corrected chi connectivity index (χ3v) is 18.6. The Morgan fingerprint density at radius 2 is 1.35 bits per heavy atom. The summed E-state index contributed by atoms with van der Waals surface area (Å²) in [7, 11) is -6.61. The van der Waals surface area contributed by atoms with E-state index in [1.807, 2.05) is 38.1 Å². The fourth-order valence-electron chi connectivity index (χ4n) is 5.25. The van der Waals surface area contributed by atoms with Crippen molar-refractivity contribution in [3.05, 3.63) is 58.7 Å². The summed E-state index contributed by atoms with van der Waals surface area (Å²) in [4.78, 5) is 39.7. The van der Waals surface area contributed by atoms with Gasteiger partial charge >= 0.3 is 8.56 Å². The number of Topliss-reactive ketones (excluding diaryl/α,β-unsaturated/α-hetero) is 2. The lowest BCUT2D eigenvalue weighted by atomic mass is 10.0. The Balaban J connectivity index is 1.79. The maximum absolute atomic E-state index is 12.8. The molecule has 0 radical (unpaired) electrons. The summed E-state index contributed by atoms with van der Waals surface area (Å²) in [5, 5.41) is 8.82. The zero-order valence-corrected chi connectivity index (χ0v) is 30.0. The number of carbonyl (C=O) groups is 2. The minimum atomic E-state index is -2.43. The van der Waals surface area contributed by atoms with Crippen LogP contribution in [0, 0.1) is 25.4 Å². The van der Waals surface area contributed by atoms with Crippen LogP contribution in [0.4, 0.5) is 5.69 Å². The number of aryl methyl sites for hydroxylation is 2. The number of aliphatic imine (C=N–C) groups is 1. The Labute approximate surface area is 260 Å². The average molecular weight is 639 g/mol. The number of carbonyl (C=O) groups excluding carboxylic acids is 3. The Bertz CT molecular complexity index is 1380. The summed E-state index contributed by atoms with van der Waals surface area (Å²) in [5.74, 6) is 0.791. The van der Waals surface area contributed by atoms with Crippen molar-refractivity contribution in [2.45, 2.75) is 104 Å². The van der Waals surface area contributed by atoms with E-state index in [9.17, 15) is 14.4 Å². The lowest BCUT2D eigenvalue weighted by molar-refractivity contribution is -0.119. The van der Waals surface area contributed by atoms with E-state index in [2.05, 4.69) is 44.3 Å². The van der Waals surface area contributed by atoms with E-state index in [-0.39, 0.29) is 11.6 Å². The summed E-state index contributed by atoms with van der Waals surface area (Å²) in [6.07, 6.45) is 6.56. The second kappa shape index (κ2) is 16.2. The predicted molar refractivity (Wildman–Crippen MR) is 177 cm³/mol. The number of isocyanates is 1. The molecule has 0 amide bonds. The van der Waals surface area contributed by atoms with E-state index in [1.54, 1.807) is 24.5 Å². The highest BCUT2D eigenvalue weighted by Gasteiger charge is 2.39. The van der Waals surface area contributed by atoms with Gasteiger partial charge in [-0.15, -0.1) is 5.26 Å². The van der Waals surface area contributed by atoms with Crippen LogP contribution in [-0.4, -0.2) is 42.8 Å². The van der Waals surface area contributed by atoms with Crippen LogP contribution in [0.15, 0.2) is 41.4 Å². The van der Waals surface area contributed by atoms with Crippen LogP contribution in [-0.2, 0) is 35.5 Å². The largest absolute Gasteiger partial charge is 0.437 e. The minimum absolute atomic E-state index is 0.137. The van der Waals surface area contributed by atoms with Crippen LogP contribution >= 0.6 is 0 Å². The molecule has 2 aromatic rings. The normalized spacial score (nSPS) is 11.9. The first kappa shape index (κ1) is 36.2. The zero-order chi connectivity index (χ0) is 32.3. The molecule has 0 spiro atoms. The first-order valence-corrected chi connectivity index (χ1v) is 23.9. The molecule has 43 heavy (non-hydrogen) atoms. The molecule has 0 aliphatic heterocycles. The minimum Gasteiger partial charge on any atom is -0.437 e. The van der Waals surface area contributed by atoms with Gasteiger partial charge in [0.15, 0.2) is 16.6 Å². The highest BCUT2D eigenvalue weighted by molar-refractivity contribution is 6.87. The zero-order valence-electron chi connectivity index (χ0n) is 27.0. The van der Waals surface area contributed by atoms with Gasteiger partial charge in [-0.1, -0.05) is 30.7 Å². The Kier molecular flexibility index (Phi) is 13.6. The SMILES string of the molecule is Cc1ccc(CC(=O)CCCC[Si](C)(C)O[Si](C)(C)O[Si](C)(C)CCC(=O)Cc2ccc(C)c(OC#N)c2)cc1N=C=O. The molecule has 0 saturated heterocycles. The summed E-state index contributed by atoms with van der Waals surface area (Å²) in [6, 6.07) is 12.7. The van der Waals surface area contributed by atoms with Gasteiger partial charge in [-0.05, 0) is 106 Å². The van der Waals surface area contributed by atoms with E-state index in [0.29, 0.717) is 43.2 Å². The number of rotatable bonds is 18. The number of hydrogen-bond donors (Lipinski definition) is 0. The Morgan fingerprint density at radius 1 is 0.791 bits per heavy atom. The van der Waals surface area contributed by atoms with Crippen LogP contribution in [0.25, 0.3) is 0 Å². The molecule has 0 unspecified atom stereocenters. The second-order valence-electron chi connectivity index (χ2n) is 12.9. The molecule has 2 aromatic carbocycles. The fraction of sp³-hybridized carbons (Fsp3) is 0.500. The van der Waals surface area contributed by atoms with E-state index in [0.717, 1.165) is 41.1 Å². The number of hydrogen-bond acceptors (Lipinski definition) is 8. The topological polar surface area (TPSA) is 115 Å². The molecule has 0 saturated carbocycles. The number of nitriles is 1. The van der Waals surface area contributed by atoms with E-state index in [1.165, 1.54) is 0 Å². The van der Waals surface area contributed by atoms with Crippen molar-refractivity contribution < 1.29 is 27.4 Å². The molecule has 0 fully saturated rings. The first-order chi connectivity index (χ1) is 20.0. The number of nitrogens with zero attached hydrogens (tertiary/aromatic N) is 2. The highest BCUT2D eigenvalue weighted by Crippen LogP contribution is 2.28. The standard InChI is InChI=1S/C32H46N2O6Si3/c1-25-12-14-27(21-31(25)34-24-35)19-29(36)11-9-10-17-41(3,4)39-43(7,8)40-42(5,6)18-16-30(37)20-28-15-13-26(2)32(22-28)38-23-33/h12-15,21-22H,9-11,16-20H2,1-8H3. The lowest BCUT2D eigenvalue weighted by Gasteiger charge is -2.38. The van der Waals surface area contributed by atoms with Gasteiger partial charge in [0.1, 0.15) is 17.3 Å². The van der Waals surface area contributed by atoms with Crippen LogP contribution < -0.4 is 4.74 Å². The molecular formula is C32H46N2O6Si3. The molecule has 2 rings (SSSR count). The molecule has 0 N–H and O–H groups in total. The number of unbranched alkanes of at least 4 members (excludes halogenated alkanes) is 1. The maximum Gasteiger partial charge on any atom is 0.311 e. The molecule has 0 heterocycles. The van der Waals surface area contributed by atoms with Gasteiger partial charge in [-0.3, -0.25) is 9.59 Å². The lowest BCUT2D eigenvalue weighted by Crippen LogP contribution is -2.52. The van der Waals surface area contributed by atoms with Crippen molar-refractivity contribution in [3.8, 4) is 12.0 Å². The Hall–Kier alpha value is -2.98. The van der Waals surface area contributed by atoms with Gasteiger partial charge < -0.3 is 13.0 Å². The van der Waals surface area contributed by atoms with Crippen LogP contribution in [0.5, 0.6) is 5.75 Å². The fourth-order valence-corrected chi connectivity index (χ4v) is 19.2. The van der Waals surface area contributed by atoms with Crippen LogP contribution in [0.2, 0.25) is 51.4 Å². The molecule has 8 nitrogen and oxygen atoms in total. The van der Waals surface area contributed by atoms with Gasteiger partial charge in [-0.25, -0.2) is 4.79 Å². The molecule has 0 aliphatic carbocycles. The van der Waals surface area contributed by atoms with Gasteiger partial charge in [0.25, 0.3) is 6.26 Å². The monoisotopic (exact) mass is 638 g/mol. The van der Waals surface area contributed by atoms with Crippen molar-refractivity contribution >= 4 is 48.5 Å². The van der Waals surface area contributed by atoms with Gasteiger partial charge in [-0.2, -0.15) is 4.99 Å². The molecule has 232 valence electrons. The molecular weight excluding hydrogens is 593 g/mol. The van der Waals surface area contributed by atoms with Crippen molar-refractivity contribution in [3.63, 3.8) is 0 Å². The number of benzene rings is 2. The van der Waals surface area contributed by atoms with E-state index in [4.69, 9.17) is 18.2 Å². The smallest absolute Gasteiger partial charge is 0.311 e. The van der Waals surface area contributed by atoms with Crippen LogP contribution in [0.1, 0.15) is 47.9 Å². The van der Waals surface area contributed by atoms with Crippen LogP contribution in [0.3, 0.4) is 0 Å². The van der Waals surface area contributed by atoms with Crippen molar-refractivity contribution in [2.24, 2.45) is 4.99 Å². The van der Waals surface area contributed by atoms with E-state index < -0.39 is 25.2 Å². The quantitative estimate of drug-likeness (QED) is 0.0539. The first-order valence-electron chi connectivity index (χ1n) is 14.8. The molecule has 0 aromatic heterocycles. The summed E-state index contributed by atoms with van der Waals surface area (Å²) < 4.78 is 18.4. The molecule has 0 aliphatic rings. The number of ether oxygens (including phenoxy) is 1. The van der Waals surface area contributed by atoms with Crippen molar-refractivity contribution in [2.75, 3.05) is 0 Å². The Morgan fingerprint density at radius 3 is 1.95 bits per heavy atom. The van der Waals surface area contributed by atoms with Gasteiger partial charge in [0.05, 0.1) is 5.69 Å². The summed E-state index contributed by atoms with van der Waals surface area (Å²) in [5.41, 5.74) is 3.98. The third kappa shape index (κ3) is 13.5. The highest BCUT2D eigenvalue weighted by atomic mass is 28.5. The van der Waals surface area contributed by atoms with Gasteiger partial charge in [0.2, 0.25) is 6.08 Å². The predicted octanol–water partition coefficient (Wildman–Crippen LogP) is 7.76. The molecule has 11 heteroatoms. The van der Waals surface area contributed by atoms with E-state index >= 15 is 0 Å².